The van der Waals surface area contributed by atoms with Crippen LogP contribution < -0.4 is 5.32 Å². The van der Waals surface area contributed by atoms with Crippen molar-refractivity contribution in [2.45, 2.75) is 13.8 Å². The van der Waals surface area contributed by atoms with Crippen molar-refractivity contribution in [3.8, 4) is 0 Å². The van der Waals surface area contributed by atoms with E-state index in [4.69, 9.17) is 0 Å². The Morgan fingerprint density at radius 3 is 2.53 bits per heavy atom. The summed E-state index contributed by atoms with van der Waals surface area (Å²) < 4.78 is 14.0. The van der Waals surface area contributed by atoms with Crippen LogP contribution in [0.2, 0.25) is 0 Å². The van der Waals surface area contributed by atoms with E-state index in [9.17, 15) is 9.18 Å². The first-order valence-corrected chi connectivity index (χ1v) is 6.60. The molecule has 0 aromatic heterocycles. The van der Waals surface area contributed by atoms with Crippen LogP contribution in [0.25, 0.3) is 0 Å². The fourth-order valence-electron chi connectivity index (χ4n) is 1.76. The first kappa shape index (κ1) is 13.7. The Kier molecular flexibility index (Phi) is 4.00. The Hall–Kier alpha value is -1.68. The Morgan fingerprint density at radius 1 is 1.11 bits per heavy atom. The SMILES string of the molecule is Cc1cc(NC(=O)c2cc(Br)ccc2C)ccc1F. The molecule has 0 spiro atoms. The van der Waals surface area contributed by atoms with E-state index in [0.717, 1.165) is 10.0 Å². The Morgan fingerprint density at radius 2 is 1.84 bits per heavy atom. The van der Waals surface area contributed by atoms with E-state index in [1.165, 1.54) is 6.07 Å². The molecule has 4 heteroatoms. The van der Waals surface area contributed by atoms with Crippen LogP contribution in [0, 0.1) is 19.7 Å². The summed E-state index contributed by atoms with van der Waals surface area (Å²) >= 11 is 3.34. The van der Waals surface area contributed by atoms with Crippen molar-refractivity contribution in [1.29, 1.82) is 0 Å². The average Bonchev–Trinajstić information content (AvgIpc) is 2.36. The molecule has 0 aliphatic carbocycles. The second-order valence-electron chi connectivity index (χ2n) is 4.38. The van der Waals surface area contributed by atoms with Crippen molar-refractivity contribution in [2.24, 2.45) is 0 Å². The number of hydrogen-bond acceptors (Lipinski definition) is 1. The number of halogens is 2. The summed E-state index contributed by atoms with van der Waals surface area (Å²) in [7, 11) is 0. The van der Waals surface area contributed by atoms with Crippen molar-refractivity contribution in [1.82, 2.24) is 0 Å². The summed E-state index contributed by atoms with van der Waals surface area (Å²) in [5.41, 5.74) is 2.57. The van der Waals surface area contributed by atoms with Gasteiger partial charge in [-0.05, 0) is 55.3 Å². The smallest absolute Gasteiger partial charge is 0.255 e. The molecule has 0 atom stereocenters. The maximum atomic E-state index is 13.2. The third-order valence-electron chi connectivity index (χ3n) is 2.86. The van der Waals surface area contributed by atoms with E-state index in [1.807, 2.05) is 19.1 Å². The standard InChI is InChI=1S/C15H13BrFNO/c1-9-3-4-11(16)8-13(9)15(19)18-12-5-6-14(17)10(2)7-12/h3-8H,1-2H3,(H,18,19). The third kappa shape index (κ3) is 3.20. The molecule has 0 unspecified atom stereocenters. The molecule has 2 nitrogen and oxygen atoms in total. The molecule has 1 amide bonds. The Bertz CT molecular complexity index is 640. The van der Waals surface area contributed by atoms with Gasteiger partial charge in [0.05, 0.1) is 0 Å². The van der Waals surface area contributed by atoms with Gasteiger partial charge in [0.15, 0.2) is 0 Å². The van der Waals surface area contributed by atoms with Gasteiger partial charge in [0.1, 0.15) is 5.82 Å². The van der Waals surface area contributed by atoms with Crippen LogP contribution in [0.1, 0.15) is 21.5 Å². The second-order valence-corrected chi connectivity index (χ2v) is 5.29. The van der Waals surface area contributed by atoms with Crippen LogP contribution in [0.15, 0.2) is 40.9 Å². The molecular formula is C15H13BrFNO. The summed E-state index contributed by atoms with van der Waals surface area (Å²) in [6, 6.07) is 10.0. The lowest BCUT2D eigenvalue weighted by atomic mass is 10.1. The van der Waals surface area contributed by atoms with Gasteiger partial charge in [-0.25, -0.2) is 4.39 Å². The molecule has 0 heterocycles. The molecule has 2 aromatic carbocycles. The minimum Gasteiger partial charge on any atom is -0.322 e. The van der Waals surface area contributed by atoms with Gasteiger partial charge in [0, 0.05) is 15.7 Å². The second kappa shape index (κ2) is 5.53. The van der Waals surface area contributed by atoms with Gasteiger partial charge in [-0.1, -0.05) is 22.0 Å². The van der Waals surface area contributed by atoms with E-state index in [1.54, 1.807) is 25.1 Å². The monoisotopic (exact) mass is 321 g/mol. The predicted octanol–water partition coefficient (Wildman–Crippen LogP) is 4.46. The number of aryl methyl sites for hydroxylation is 2. The lowest BCUT2D eigenvalue weighted by molar-refractivity contribution is 0.102. The number of amides is 1. The largest absolute Gasteiger partial charge is 0.322 e. The molecule has 2 aromatic rings. The van der Waals surface area contributed by atoms with E-state index in [0.29, 0.717) is 16.8 Å². The van der Waals surface area contributed by atoms with Gasteiger partial charge < -0.3 is 5.32 Å². The summed E-state index contributed by atoms with van der Waals surface area (Å²) in [6.07, 6.45) is 0. The normalized spacial score (nSPS) is 10.3. The quantitative estimate of drug-likeness (QED) is 0.869. The van der Waals surface area contributed by atoms with Gasteiger partial charge in [-0.3, -0.25) is 4.79 Å². The van der Waals surface area contributed by atoms with Gasteiger partial charge >= 0.3 is 0 Å². The molecule has 2 rings (SSSR count). The zero-order chi connectivity index (χ0) is 14.0. The van der Waals surface area contributed by atoms with Crippen molar-refractivity contribution in [3.05, 3.63) is 63.4 Å². The molecule has 19 heavy (non-hydrogen) atoms. The fourth-order valence-corrected chi connectivity index (χ4v) is 2.12. The molecule has 0 fully saturated rings. The molecule has 0 aliphatic heterocycles. The first-order chi connectivity index (χ1) is 8.97. The molecule has 0 aliphatic rings. The van der Waals surface area contributed by atoms with Crippen LogP contribution in [-0.2, 0) is 0 Å². The molecule has 0 bridgehead atoms. The van der Waals surface area contributed by atoms with E-state index in [2.05, 4.69) is 21.2 Å². The maximum absolute atomic E-state index is 13.2. The van der Waals surface area contributed by atoms with Gasteiger partial charge in [-0.15, -0.1) is 0 Å². The molecule has 0 saturated carbocycles. The van der Waals surface area contributed by atoms with Crippen LogP contribution in [0.3, 0.4) is 0 Å². The number of carbonyl (C=O) groups is 1. The molecule has 0 radical (unpaired) electrons. The van der Waals surface area contributed by atoms with E-state index < -0.39 is 0 Å². The minimum atomic E-state index is -0.281. The van der Waals surface area contributed by atoms with Crippen molar-refractivity contribution < 1.29 is 9.18 Å². The van der Waals surface area contributed by atoms with Crippen molar-refractivity contribution >= 4 is 27.5 Å². The summed E-state index contributed by atoms with van der Waals surface area (Å²) in [5.74, 6) is -0.485. The van der Waals surface area contributed by atoms with Gasteiger partial charge in [0.25, 0.3) is 5.91 Å². The summed E-state index contributed by atoms with van der Waals surface area (Å²) in [6.45, 7) is 3.53. The van der Waals surface area contributed by atoms with Crippen molar-refractivity contribution in [3.63, 3.8) is 0 Å². The first-order valence-electron chi connectivity index (χ1n) is 5.81. The van der Waals surface area contributed by atoms with Crippen LogP contribution in [0.5, 0.6) is 0 Å². The summed E-state index contributed by atoms with van der Waals surface area (Å²) in [4.78, 5) is 12.2. The summed E-state index contributed by atoms with van der Waals surface area (Å²) in [5, 5.41) is 2.77. The lowest BCUT2D eigenvalue weighted by Crippen LogP contribution is -2.13. The highest BCUT2D eigenvalue weighted by Gasteiger charge is 2.10. The van der Waals surface area contributed by atoms with E-state index in [-0.39, 0.29) is 11.7 Å². The highest BCUT2D eigenvalue weighted by molar-refractivity contribution is 9.10. The number of anilines is 1. The molecule has 98 valence electrons. The molecule has 1 N–H and O–H groups in total. The minimum absolute atomic E-state index is 0.204. The van der Waals surface area contributed by atoms with E-state index >= 15 is 0 Å². The third-order valence-corrected chi connectivity index (χ3v) is 3.35. The number of hydrogen-bond donors (Lipinski definition) is 1. The van der Waals surface area contributed by atoms with Gasteiger partial charge in [0.2, 0.25) is 0 Å². The fraction of sp³-hybridized carbons (Fsp3) is 0.133. The zero-order valence-electron chi connectivity index (χ0n) is 10.6. The van der Waals surface area contributed by atoms with Crippen molar-refractivity contribution in [2.75, 3.05) is 5.32 Å². The van der Waals surface area contributed by atoms with Crippen LogP contribution >= 0.6 is 15.9 Å². The number of benzene rings is 2. The predicted molar refractivity (Wildman–Crippen MR) is 78.0 cm³/mol. The number of nitrogens with one attached hydrogen (secondary N) is 1. The molecule has 0 saturated heterocycles. The lowest BCUT2D eigenvalue weighted by Gasteiger charge is -2.09. The topological polar surface area (TPSA) is 29.1 Å². The number of carbonyl (C=O) groups excluding carboxylic acids is 1. The Labute approximate surface area is 119 Å². The number of rotatable bonds is 2. The average molecular weight is 322 g/mol. The maximum Gasteiger partial charge on any atom is 0.255 e. The van der Waals surface area contributed by atoms with Crippen LogP contribution in [0.4, 0.5) is 10.1 Å². The highest BCUT2D eigenvalue weighted by Crippen LogP contribution is 2.19. The van der Waals surface area contributed by atoms with Gasteiger partial charge in [-0.2, -0.15) is 0 Å². The highest BCUT2D eigenvalue weighted by atomic mass is 79.9. The molecular weight excluding hydrogens is 309 g/mol. The van der Waals surface area contributed by atoms with Crippen LogP contribution in [-0.4, -0.2) is 5.91 Å². The zero-order valence-corrected chi connectivity index (χ0v) is 12.2. The Balaban J connectivity index is 2.25.